The molecule has 0 radical (unpaired) electrons. The van der Waals surface area contributed by atoms with Crippen molar-refractivity contribution in [2.45, 2.75) is 12.1 Å². The molecule has 4 heteroatoms. The van der Waals surface area contributed by atoms with Crippen molar-refractivity contribution < 1.29 is 0 Å². The van der Waals surface area contributed by atoms with Gasteiger partial charge in [-0.3, -0.25) is 0 Å². The van der Waals surface area contributed by atoms with Gasteiger partial charge in [-0.25, -0.2) is 0 Å². The zero-order valence-corrected chi connectivity index (χ0v) is 23.4. The molecule has 6 rings (SSSR count). The molecular formula is C36H28Cl2N2. The molecule has 40 heavy (non-hydrogen) atoms. The Hall–Kier alpha value is -4.24. The van der Waals surface area contributed by atoms with Crippen LogP contribution in [-0.4, -0.2) is 5.66 Å². The lowest BCUT2D eigenvalue weighted by Gasteiger charge is -2.52. The molecule has 1 aliphatic carbocycles. The SMILES string of the molecule is Clc1ccccc1N(c1ccccc1)C1(N(c2ccccc2)c2ccccc2Cl)C=CC(c2ccccc2)=CC1. The quantitative estimate of drug-likeness (QED) is 0.183. The van der Waals surface area contributed by atoms with Crippen molar-refractivity contribution in [3.05, 3.63) is 173 Å². The predicted octanol–water partition coefficient (Wildman–Crippen LogP) is 10.7. The van der Waals surface area contributed by atoms with Gasteiger partial charge in [0.15, 0.2) is 0 Å². The fourth-order valence-corrected chi connectivity index (χ4v) is 5.90. The molecule has 0 N–H and O–H groups in total. The molecule has 5 aromatic carbocycles. The van der Waals surface area contributed by atoms with Crippen LogP contribution in [0.15, 0.2) is 158 Å². The average Bonchev–Trinajstić information content (AvgIpc) is 3.01. The van der Waals surface area contributed by atoms with Gasteiger partial charge in [-0.15, -0.1) is 0 Å². The molecule has 196 valence electrons. The monoisotopic (exact) mass is 558 g/mol. The number of halogens is 2. The molecule has 0 amide bonds. The van der Waals surface area contributed by atoms with Crippen LogP contribution in [0.25, 0.3) is 5.57 Å². The van der Waals surface area contributed by atoms with Crippen molar-refractivity contribution in [2.24, 2.45) is 0 Å². The van der Waals surface area contributed by atoms with E-state index in [4.69, 9.17) is 23.2 Å². The molecule has 0 heterocycles. The molecular weight excluding hydrogens is 531 g/mol. The second-order valence-electron chi connectivity index (χ2n) is 9.69. The number of benzene rings is 5. The van der Waals surface area contributed by atoms with E-state index in [0.29, 0.717) is 16.5 Å². The largest absolute Gasteiger partial charge is 0.312 e. The van der Waals surface area contributed by atoms with Gasteiger partial charge in [-0.1, -0.05) is 126 Å². The van der Waals surface area contributed by atoms with Crippen molar-refractivity contribution in [2.75, 3.05) is 9.80 Å². The summed E-state index contributed by atoms with van der Waals surface area (Å²) in [6.45, 7) is 0. The minimum absolute atomic E-state index is 0.661. The third kappa shape index (κ3) is 4.93. The summed E-state index contributed by atoms with van der Waals surface area (Å²) >= 11 is 14.0. The van der Waals surface area contributed by atoms with Crippen LogP contribution in [0.5, 0.6) is 0 Å². The Labute approximate surface area is 246 Å². The van der Waals surface area contributed by atoms with E-state index in [-0.39, 0.29) is 0 Å². The maximum Gasteiger partial charge on any atom is 0.145 e. The van der Waals surface area contributed by atoms with E-state index in [0.717, 1.165) is 22.7 Å². The van der Waals surface area contributed by atoms with Gasteiger partial charge in [-0.2, -0.15) is 0 Å². The average molecular weight is 560 g/mol. The van der Waals surface area contributed by atoms with Gasteiger partial charge in [0.2, 0.25) is 0 Å². The predicted molar refractivity (Wildman–Crippen MR) is 171 cm³/mol. The van der Waals surface area contributed by atoms with E-state index < -0.39 is 5.66 Å². The van der Waals surface area contributed by atoms with Gasteiger partial charge < -0.3 is 9.80 Å². The maximum atomic E-state index is 6.98. The van der Waals surface area contributed by atoms with Crippen LogP contribution in [0.1, 0.15) is 12.0 Å². The summed E-state index contributed by atoms with van der Waals surface area (Å²) in [4.78, 5) is 4.67. The first-order valence-corrected chi connectivity index (χ1v) is 14.1. The van der Waals surface area contributed by atoms with Gasteiger partial charge >= 0.3 is 0 Å². The Balaban J connectivity index is 1.65. The third-order valence-electron chi connectivity index (χ3n) is 7.25. The topological polar surface area (TPSA) is 6.48 Å². The number of hydrogen-bond donors (Lipinski definition) is 0. The normalized spacial score (nSPS) is 13.9. The first-order chi connectivity index (χ1) is 19.7. The van der Waals surface area contributed by atoms with Gasteiger partial charge in [0.05, 0.1) is 21.4 Å². The molecule has 5 aromatic rings. The Morgan fingerprint density at radius 1 is 0.500 bits per heavy atom. The summed E-state index contributed by atoms with van der Waals surface area (Å²) in [5.74, 6) is 0. The van der Waals surface area contributed by atoms with Gasteiger partial charge in [0, 0.05) is 17.8 Å². The second-order valence-corrected chi connectivity index (χ2v) is 10.5. The minimum atomic E-state index is -0.739. The summed E-state index contributed by atoms with van der Waals surface area (Å²) in [7, 11) is 0. The van der Waals surface area contributed by atoms with E-state index >= 15 is 0 Å². The molecule has 0 aromatic heterocycles. The van der Waals surface area contributed by atoms with E-state index in [1.165, 1.54) is 11.1 Å². The van der Waals surface area contributed by atoms with E-state index in [1.54, 1.807) is 0 Å². The molecule has 2 nitrogen and oxygen atoms in total. The van der Waals surface area contributed by atoms with Crippen LogP contribution in [0.3, 0.4) is 0 Å². The standard InChI is InChI=1S/C36H28Cl2N2/c37-32-20-10-12-22-34(32)39(30-16-6-2-7-17-30)36(26-24-29(25-27-36)28-14-4-1-5-15-28)40(31-18-8-3-9-19-31)35-23-13-11-21-33(35)38/h1-26H,27H2. The zero-order valence-electron chi connectivity index (χ0n) is 21.9. The van der Waals surface area contributed by atoms with Crippen LogP contribution in [0, 0.1) is 0 Å². The summed E-state index contributed by atoms with van der Waals surface area (Å²) in [6.07, 6.45) is 7.49. The lowest BCUT2D eigenvalue weighted by molar-refractivity contribution is 0.526. The number of hydrogen-bond acceptors (Lipinski definition) is 2. The lowest BCUT2D eigenvalue weighted by Crippen LogP contribution is -2.57. The molecule has 0 saturated carbocycles. The van der Waals surface area contributed by atoms with Gasteiger partial charge in [0.1, 0.15) is 5.66 Å². The Bertz CT molecular complexity index is 1560. The number of rotatable bonds is 7. The first kappa shape index (κ1) is 26.0. The minimum Gasteiger partial charge on any atom is -0.312 e. The highest BCUT2D eigenvalue weighted by atomic mass is 35.5. The Kier molecular flexibility index (Phi) is 7.46. The van der Waals surface area contributed by atoms with Crippen molar-refractivity contribution in [3.8, 4) is 0 Å². The highest BCUT2D eigenvalue weighted by Crippen LogP contribution is 2.49. The number of allylic oxidation sites excluding steroid dienone is 2. The fraction of sp³-hybridized carbons (Fsp3) is 0.0556. The van der Waals surface area contributed by atoms with E-state index in [2.05, 4.69) is 113 Å². The molecule has 0 atom stereocenters. The molecule has 0 fully saturated rings. The molecule has 0 bridgehead atoms. The third-order valence-corrected chi connectivity index (χ3v) is 7.89. The van der Waals surface area contributed by atoms with Crippen LogP contribution < -0.4 is 9.80 Å². The summed E-state index contributed by atoms with van der Waals surface area (Å²) in [6, 6.07) is 47.4. The smallest absolute Gasteiger partial charge is 0.145 e. The molecule has 0 unspecified atom stereocenters. The van der Waals surface area contributed by atoms with E-state index in [1.807, 2.05) is 54.6 Å². The van der Waals surface area contributed by atoms with Crippen molar-refractivity contribution in [1.29, 1.82) is 0 Å². The van der Waals surface area contributed by atoms with Gasteiger partial charge in [0.25, 0.3) is 0 Å². The Morgan fingerprint density at radius 3 is 1.35 bits per heavy atom. The number of para-hydroxylation sites is 4. The molecule has 0 aliphatic heterocycles. The molecule has 0 saturated heterocycles. The Morgan fingerprint density at radius 2 is 0.925 bits per heavy atom. The second kappa shape index (κ2) is 11.5. The highest BCUT2D eigenvalue weighted by Gasteiger charge is 2.44. The fourth-order valence-electron chi connectivity index (χ4n) is 5.46. The zero-order chi connectivity index (χ0) is 27.4. The van der Waals surface area contributed by atoms with Crippen molar-refractivity contribution in [3.63, 3.8) is 0 Å². The maximum absolute atomic E-state index is 6.98. The number of anilines is 4. The lowest BCUT2D eigenvalue weighted by atomic mass is 9.88. The van der Waals surface area contributed by atoms with Crippen LogP contribution in [0.2, 0.25) is 10.0 Å². The van der Waals surface area contributed by atoms with Gasteiger partial charge in [-0.05, 0) is 65.7 Å². The summed E-state index contributed by atoms with van der Waals surface area (Å²) in [5, 5.41) is 1.34. The van der Waals surface area contributed by atoms with Crippen molar-refractivity contribution >= 4 is 51.5 Å². The number of nitrogens with zero attached hydrogens (tertiary/aromatic N) is 2. The van der Waals surface area contributed by atoms with Crippen LogP contribution in [-0.2, 0) is 0 Å². The molecule has 1 aliphatic rings. The van der Waals surface area contributed by atoms with Crippen LogP contribution >= 0.6 is 23.2 Å². The van der Waals surface area contributed by atoms with Crippen LogP contribution in [0.4, 0.5) is 22.7 Å². The summed E-state index contributed by atoms with van der Waals surface area (Å²) in [5.41, 5.74) is 5.47. The van der Waals surface area contributed by atoms with Crippen molar-refractivity contribution in [1.82, 2.24) is 0 Å². The highest BCUT2D eigenvalue weighted by molar-refractivity contribution is 6.34. The van der Waals surface area contributed by atoms with E-state index in [9.17, 15) is 0 Å². The molecule has 0 spiro atoms. The first-order valence-electron chi connectivity index (χ1n) is 13.3. The summed E-state index contributed by atoms with van der Waals surface area (Å²) < 4.78 is 0.